The van der Waals surface area contributed by atoms with E-state index in [9.17, 15) is 9.18 Å². The summed E-state index contributed by atoms with van der Waals surface area (Å²) in [6.45, 7) is 2.38. The van der Waals surface area contributed by atoms with Crippen molar-refractivity contribution in [2.75, 3.05) is 32.1 Å². The van der Waals surface area contributed by atoms with Crippen LogP contribution in [0.4, 0.5) is 14.9 Å². The molecule has 144 valence electrons. The number of anilines is 1. The van der Waals surface area contributed by atoms with Crippen molar-refractivity contribution in [3.8, 4) is 5.75 Å². The molecule has 5 nitrogen and oxygen atoms in total. The Balaban J connectivity index is 1.68. The van der Waals surface area contributed by atoms with Gasteiger partial charge in [0.25, 0.3) is 0 Å². The van der Waals surface area contributed by atoms with Crippen LogP contribution < -0.4 is 15.4 Å². The molecule has 0 bridgehead atoms. The summed E-state index contributed by atoms with van der Waals surface area (Å²) in [5.74, 6) is 0.231. The lowest BCUT2D eigenvalue weighted by atomic mass is 10.0. The smallest absolute Gasteiger partial charge is 0.319 e. The van der Waals surface area contributed by atoms with Gasteiger partial charge < -0.3 is 15.4 Å². The number of urea groups is 1. The Bertz CT molecular complexity index is 797. The molecular formula is C20H23ClFN3O2. The first-order valence-corrected chi connectivity index (χ1v) is 9.33. The zero-order valence-corrected chi connectivity index (χ0v) is 15.9. The van der Waals surface area contributed by atoms with E-state index >= 15 is 0 Å². The van der Waals surface area contributed by atoms with Crippen molar-refractivity contribution < 1.29 is 13.9 Å². The van der Waals surface area contributed by atoms with Gasteiger partial charge in [-0.2, -0.15) is 0 Å². The molecule has 1 unspecified atom stereocenters. The average molecular weight is 392 g/mol. The minimum atomic E-state index is -0.571. The van der Waals surface area contributed by atoms with Gasteiger partial charge in [-0.25, -0.2) is 9.18 Å². The number of nitrogens with zero attached hydrogens (tertiary/aromatic N) is 1. The number of ether oxygens (including phenoxy) is 1. The third-order valence-corrected chi connectivity index (χ3v) is 5.02. The summed E-state index contributed by atoms with van der Waals surface area (Å²) in [4.78, 5) is 14.6. The number of hydrogen-bond donors (Lipinski definition) is 2. The minimum Gasteiger partial charge on any atom is -0.496 e. The molecule has 2 aromatic rings. The number of benzene rings is 2. The Morgan fingerprint density at radius 1 is 1.26 bits per heavy atom. The summed E-state index contributed by atoms with van der Waals surface area (Å²) in [6, 6.07) is 11.6. The summed E-state index contributed by atoms with van der Waals surface area (Å²) < 4.78 is 19.0. The summed E-state index contributed by atoms with van der Waals surface area (Å²) in [5, 5.41) is 5.55. The second-order valence-corrected chi connectivity index (χ2v) is 6.87. The Labute approximate surface area is 163 Å². The Morgan fingerprint density at radius 3 is 2.70 bits per heavy atom. The van der Waals surface area contributed by atoms with E-state index in [-0.39, 0.29) is 11.1 Å². The molecule has 3 rings (SSSR count). The monoisotopic (exact) mass is 391 g/mol. The topological polar surface area (TPSA) is 53.6 Å². The standard InChI is InChI=1S/C20H23ClFN3O2/c1-27-19-7-3-2-6-15(19)18(25-10-4-5-11-25)13-23-20(26)24-14-8-9-16(21)17(22)12-14/h2-3,6-9,12,18H,4-5,10-11,13H2,1H3,(H2,23,24,26). The molecule has 1 fully saturated rings. The molecule has 0 saturated carbocycles. The second kappa shape index (κ2) is 9.06. The van der Waals surface area contributed by atoms with Crippen LogP contribution in [0.2, 0.25) is 5.02 Å². The van der Waals surface area contributed by atoms with E-state index in [1.165, 1.54) is 12.1 Å². The van der Waals surface area contributed by atoms with Crippen molar-refractivity contribution in [2.45, 2.75) is 18.9 Å². The van der Waals surface area contributed by atoms with E-state index in [0.717, 1.165) is 37.2 Å². The number of halogens is 2. The van der Waals surface area contributed by atoms with Crippen LogP contribution in [0.5, 0.6) is 5.75 Å². The van der Waals surface area contributed by atoms with E-state index in [1.54, 1.807) is 13.2 Å². The normalized spacial score (nSPS) is 15.4. The number of carbonyl (C=O) groups is 1. The van der Waals surface area contributed by atoms with Crippen LogP contribution in [0.15, 0.2) is 42.5 Å². The number of likely N-dealkylation sites (tertiary alicyclic amines) is 1. The van der Waals surface area contributed by atoms with E-state index in [4.69, 9.17) is 16.3 Å². The molecule has 1 atom stereocenters. The number of carbonyl (C=O) groups excluding carboxylic acids is 1. The van der Waals surface area contributed by atoms with Crippen LogP contribution in [0.3, 0.4) is 0 Å². The Morgan fingerprint density at radius 2 is 2.00 bits per heavy atom. The van der Waals surface area contributed by atoms with Gasteiger partial charge in [0.2, 0.25) is 0 Å². The van der Waals surface area contributed by atoms with Gasteiger partial charge in [-0.1, -0.05) is 29.8 Å². The van der Waals surface area contributed by atoms with Crippen LogP contribution in [0.1, 0.15) is 24.4 Å². The van der Waals surface area contributed by atoms with Gasteiger partial charge in [-0.05, 0) is 50.2 Å². The van der Waals surface area contributed by atoms with Gasteiger partial charge in [-0.3, -0.25) is 4.90 Å². The molecule has 0 aromatic heterocycles. The Hall–Kier alpha value is -2.31. The van der Waals surface area contributed by atoms with Crippen molar-refractivity contribution in [2.24, 2.45) is 0 Å². The van der Waals surface area contributed by atoms with Crippen molar-refractivity contribution in [1.29, 1.82) is 0 Å². The fourth-order valence-electron chi connectivity index (χ4n) is 3.37. The fourth-order valence-corrected chi connectivity index (χ4v) is 3.49. The van der Waals surface area contributed by atoms with Crippen LogP contribution in [-0.2, 0) is 0 Å². The summed E-state index contributed by atoms with van der Waals surface area (Å²) in [7, 11) is 1.65. The largest absolute Gasteiger partial charge is 0.496 e. The molecule has 0 radical (unpaired) electrons. The van der Waals surface area contributed by atoms with Gasteiger partial charge in [0, 0.05) is 17.8 Å². The maximum atomic E-state index is 13.5. The predicted octanol–water partition coefficient (Wildman–Crippen LogP) is 4.45. The second-order valence-electron chi connectivity index (χ2n) is 6.46. The van der Waals surface area contributed by atoms with Crippen molar-refractivity contribution in [3.63, 3.8) is 0 Å². The molecule has 1 heterocycles. The zero-order chi connectivity index (χ0) is 19.2. The lowest BCUT2D eigenvalue weighted by Gasteiger charge is -2.29. The van der Waals surface area contributed by atoms with E-state index < -0.39 is 11.8 Å². The highest BCUT2D eigenvalue weighted by molar-refractivity contribution is 6.30. The van der Waals surface area contributed by atoms with Crippen molar-refractivity contribution in [1.82, 2.24) is 10.2 Å². The zero-order valence-electron chi connectivity index (χ0n) is 15.2. The average Bonchev–Trinajstić information content (AvgIpc) is 3.20. The first kappa shape index (κ1) is 19.5. The molecule has 1 aliphatic rings. The highest BCUT2D eigenvalue weighted by atomic mass is 35.5. The van der Waals surface area contributed by atoms with Gasteiger partial charge >= 0.3 is 6.03 Å². The van der Waals surface area contributed by atoms with Crippen LogP contribution >= 0.6 is 11.6 Å². The molecule has 1 saturated heterocycles. The SMILES string of the molecule is COc1ccccc1C(CNC(=O)Nc1ccc(Cl)c(F)c1)N1CCCC1. The minimum absolute atomic E-state index is 0.0105. The van der Waals surface area contributed by atoms with Crippen molar-refractivity contribution >= 4 is 23.3 Å². The van der Waals surface area contributed by atoms with Crippen LogP contribution in [-0.4, -0.2) is 37.7 Å². The highest BCUT2D eigenvalue weighted by Crippen LogP contribution is 2.31. The molecular weight excluding hydrogens is 369 g/mol. The quantitative estimate of drug-likeness (QED) is 0.765. The lowest BCUT2D eigenvalue weighted by molar-refractivity contribution is 0.224. The maximum Gasteiger partial charge on any atom is 0.319 e. The van der Waals surface area contributed by atoms with E-state index in [2.05, 4.69) is 15.5 Å². The third-order valence-electron chi connectivity index (χ3n) is 4.71. The number of hydrogen-bond acceptors (Lipinski definition) is 3. The van der Waals surface area contributed by atoms with Gasteiger partial charge in [0.15, 0.2) is 0 Å². The molecule has 0 spiro atoms. The molecule has 1 aliphatic heterocycles. The number of amides is 2. The molecule has 2 aromatic carbocycles. The fraction of sp³-hybridized carbons (Fsp3) is 0.350. The molecule has 2 amide bonds. The van der Waals surface area contributed by atoms with Gasteiger partial charge in [-0.15, -0.1) is 0 Å². The first-order valence-electron chi connectivity index (χ1n) is 8.95. The third kappa shape index (κ3) is 4.90. The maximum absolute atomic E-state index is 13.5. The summed E-state index contributed by atoms with van der Waals surface area (Å²) in [6.07, 6.45) is 2.28. The summed E-state index contributed by atoms with van der Waals surface area (Å²) in [5.41, 5.74) is 1.39. The Kier molecular flexibility index (Phi) is 6.53. The highest BCUT2D eigenvalue weighted by Gasteiger charge is 2.26. The number of methoxy groups -OCH3 is 1. The first-order chi connectivity index (χ1) is 13.1. The van der Waals surface area contributed by atoms with Crippen LogP contribution in [0, 0.1) is 5.82 Å². The van der Waals surface area contributed by atoms with Gasteiger partial charge in [0.1, 0.15) is 11.6 Å². The van der Waals surface area contributed by atoms with E-state index in [1.807, 2.05) is 24.3 Å². The molecule has 7 heteroatoms. The van der Waals surface area contributed by atoms with Crippen molar-refractivity contribution in [3.05, 3.63) is 58.9 Å². The number of rotatable bonds is 6. The summed E-state index contributed by atoms with van der Waals surface area (Å²) >= 11 is 5.67. The molecule has 0 aliphatic carbocycles. The van der Waals surface area contributed by atoms with E-state index in [0.29, 0.717) is 12.2 Å². The van der Waals surface area contributed by atoms with Gasteiger partial charge in [0.05, 0.1) is 18.2 Å². The van der Waals surface area contributed by atoms with Crippen LogP contribution in [0.25, 0.3) is 0 Å². The number of para-hydroxylation sites is 1. The molecule has 27 heavy (non-hydrogen) atoms. The predicted molar refractivity (Wildman–Crippen MR) is 105 cm³/mol. The number of nitrogens with one attached hydrogen (secondary N) is 2. The lowest BCUT2D eigenvalue weighted by Crippen LogP contribution is -2.38. The molecule has 2 N–H and O–H groups in total.